The second-order valence-corrected chi connectivity index (χ2v) is 8.10. The molecule has 2 amide bonds. The fraction of sp³-hybridized carbons (Fsp3) is 0.130. The van der Waals surface area contributed by atoms with E-state index in [1.54, 1.807) is 18.2 Å². The number of fused-ring (bicyclic) bond motifs is 1. The Morgan fingerprint density at radius 1 is 0.967 bits per heavy atom. The monoisotopic (exact) mass is 418 g/mol. The minimum absolute atomic E-state index is 0.166. The number of aryl methyl sites for hydroxylation is 2. The van der Waals surface area contributed by atoms with Crippen molar-refractivity contribution in [2.24, 2.45) is 0 Å². The average molecular weight is 418 g/mol. The van der Waals surface area contributed by atoms with Gasteiger partial charge >= 0.3 is 0 Å². The lowest BCUT2D eigenvalue weighted by Crippen LogP contribution is -2.33. The standard InChI is InChI=1S/C23H18N2O4S/c1-13-5-7-16(14(2)10-13)25-22(26)20(19-4-3-9-30-19)21(23(25)27)24-15-6-8-17-18(11-15)29-12-28-17/h3-11,24H,12H2,1-2H3. The van der Waals surface area contributed by atoms with Crippen LogP contribution in [0.25, 0.3) is 5.57 Å². The predicted octanol–water partition coefficient (Wildman–Crippen LogP) is 4.49. The van der Waals surface area contributed by atoms with Gasteiger partial charge in [-0.15, -0.1) is 11.3 Å². The van der Waals surface area contributed by atoms with E-state index in [9.17, 15) is 9.59 Å². The first kappa shape index (κ1) is 18.4. The van der Waals surface area contributed by atoms with Crippen LogP contribution in [0.5, 0.6) is 11.5 Å². The van der Waals surface area contributed by atoms with Crippen LogP contribution in [0.1, 0.15) is 16.0 Å². The zero-order valence-electron chi connectivity index (χ0n) is 16.4. The molecule has 150 valence electrons. The van der Waals surface area contributed by atoms with Crippen molar-refractivity contribution < 1.29 is 19.1 Å². The van der Waals surface area contributed by atoms with Gasteiger partial charge < -0.3 is 14.8 Å². The van der Waals surface area contributed by atoms with Crippen LogP contribution < -0.4 is 19.7 Å². The van der Waals surface area contributed by atoms with E-state index in [4.69, 9.17) is 9.47 Å². The van der Waals surface area contributed by atoms with E-state index in [1.807, 2.05) is 49.6 Å². The average Bonchev–Trinajstić information content (AvgIpc) is 3.44. The van der Waals surface area contributed by atoms with Crippen molar-refractivity contribution in [2.45, 2.75) is 13.8 Å². The maximum absolute atomic E-state index is 13.4. The summed E-state index contributed by atoms with van der Waals surface area (Å²) in [6.07, 6.45) is 0. The van der Waals surface area contributed by atoms with Gasteiger partial charge in [-0.3, -0.25) is 9.59 Å². The van der Waals surface area contributed by atoms with Crippen LogP contribution in [0.15, 0.2) is 59.6 Å². The molecule has 0 unspecified atom stereocenters. The van der Waals surface area contributed by atoms with Crippen molar-refractivity contribution >= 4 is 40.1 Å². The lowest BCUT2D eigenvalue weighted by molar-refractivity contribution is -0.120. The first-order valence-corrected chi connectivity index (χ1v) is 10.3. The van der Waals surface area contributed by atoms with Crippen LogP contribution in [0.3, 0.4) is 0 Å². The van der Waals surface area contributed by atoms with Crippen molar-refractivity contribution in [1.82, 2.24) is 0 Å². The maximum atomic E-state index is 13.4. The van der Waals surface area contributed by atoms with Crippen LogP contribution in [-0.4, -0.2) is 18.6 Å². The van der Waals surface area contributed by atoms with E-state index in [-0.39, 0.29) is 24.3 Å². The van der Waals surface area contributed by atoms with E-state index in [0.717, 1.165) is 16.0 Å². The van der Waals surface area contributed by atoms with Crippen molar-refractivity contribution in [3.63, 3.8) is 0 Å². The van der Waals surface area contributed by atoms with Gasteiger partial charge in [-0.1, -0.05) is 23.8 Å². The Hall–Kier alpha value is -3.58. The zero-order valence-corrected chi connectivity index (χ0v) is 17.2. The minimum Gasteiger partial charge on any atom is -0.454 e. The number of hydrogen-bond acceptors (Lipinski definition) is 6. The van der Waals surface area contributed by atoms with Crippen LogP contribution >= 0.6 is 11.3 Å². The minimum atomic E-state index is -0.381. The molecule has 0 radical (unpaired) electrons. The molecule has 2 aliphatic rings. The second kappa shape index (κ2) is 7.03. The first-order valence-electron chi connectivity index (χ1n) is 9.44. The highest BCUT2D eigenvalue weighted by atomic mass is 32.1. The van der Waals surface area contributed by atoms with Crippen molar-refractivity contribution in [1.29, 1.82) is 0 Å². The Labute approximate surface area is 177 Å². The number of anilines is 2. The summed E-state index contributed by atoms with van der Waals surface area (Å²) in [6.45, 7) is 4.04. The highest BCUT2D eigenvalue weighted by Gasteiger charge is 2.41. The summed E-state index contributed by atoms with van der Waals surface area (Å²) in [5.74, 6) is 0.533. The van der Waals surface area contributed by atoms with Gasteiger partial charge in [0, 0.05) is 16.6 Å². The van der Waals surface area contributed by atoms with Crippen LogP contribution in [0.2, 0.25) is 0 Å². The molecule has 1 aromatic heterocycles. The van der Waals surface area contributed by atoms with E-state index in [1.165, 1.54) is 16.2 Å². The number of rotatable bonds is 4. The lowest BCUT2D eigenvalue weighted by Gasteiger charge is -2.18. The number of ether oxygens (including phenoxy) is 2. The molecule has 0 bridgehead atoms. The molecule has 3 aromatic rings. The summed E-state index contributed by atoms with van der Waals surface area (Å²) >= 11 is 1.42. The van der Waals surface area contributed by atoms with E-state index in [2.05, 4.69) is 5.32 Å². The number of thiophene rings is 1. The number of carbonyl (C=O) groups is 2. The Kier molecular flexibility index (Phi) is 4.33. The molecule has 2 aromatic carbocycles. The quantitative estimate of drug-likeness (QED) is 0.633. The van der Waals surface area contributed by atoms with Gasteiger partial charge in [0.2, 0.25) is 6.79 Å². The molecule has 0 saturated carbocycles. The van der Waals surface area contributed by atoms with Gasteiger partial charge in [-0.25, -0.2) is 4.90 Å². The summed E-state index contributed by atoms with van der Waals surface area (Å²) in [5.41, 5.74) is 3.79. The van der Waals surface area contributed by atoms with Gasteiger partial charge in [-0.2, -0.15) is 0 Å². The fourth-order valence-electron chi connectivity index (χ4n) is 3.69. The summed E-state index contributed by atoms with van der Waals surface area (Å²) in [7, 11) is 0. The van der Waals surface area contributed by atoms with Crippen LogP contribution in [-0.2, 0) is 9.59 Å². The molecule has 0 spiro atoms. The number of benzene rings is 2. The normalized spacial score (nSPS) is 15.3. The molecular formula is C23H18N2O4S. The summed E-state index contributed by atoms with van der Waals surface area (Å²) in [5, 5.41) is 5.05. The number of imide groups is 1. The van der Waals surface area contributed by atoms with Crippen LogP contribution in [0.4, 0.5) is 11.4 Å². The third kappa shape index (κ3) is 2.95. The molecule has 0 fully saturated rings. The molecule has 0 atom stereocenters. The molecule has 3 heterocycles. The highest BCUT2D eigenvalue weighted by molar-refractivity contribution is 7.11. The largest absolute Gasteiger partial charge is 0.454 e. The molecule has 0 saturated heterocycles. The van der Waals surface area contributed by atoms with Gasteiger partial charge in [0.25, 0.3) is 11.8 Å². The molecule has 0 aliphatic carbocycles. The molecule has 7 heteroatoms. The van der Waals surface area contributed by atoms with Gasteiger partial charge in [0.1, 0.15) is 5.70 Å². The number of hydrogen-bond donors (Lipinski definition) is 1. The molecule has 2 aliphatic heterocycles. The molecule has 30 heavy (non-hydrogen) atoms. The first-order chi connectivity index (χ1) is 14.5. The number of nitrogens with zero attached hydrogens (tertiary/aromatic N) is 1. The number of nitrogens with one attached hydrogen (secondary N) is 1. The Bertz CT molecular complexity index is 1210. The summed E-state index contributed by atoms with van der Waals surface area (Å²) in [4.78, 5) is 28.8. The Balaban J connectivity index is 1.58. The molecule has 6 nitrogen and oxygen atoms in total. The van der Waals surface area contributed by atoms with Crippen molar-refractivity contribution in [3.05, 3.63) is 75.6 Å². The predicted molar refractivity (Wildman–Crippen MR) is 116 cm³/mol. The zero-order chi connectivity index (χ0) is 20.8. The molecule has 5 rings (SSSR count). The van der Waals surface area contributed by atoms with E-state index >= 15 is 0 Å². The second-order valence-electron chi connectivity index (χ2n) is 7.16. The highest BCUT2D eigenvalue weighted by Crippen LogP contribution is 2.39. The Morgan fingerprint density at radius 3 is 2.57 bits per heavy atom. The lowest BCUT2D eigenvalue weighted by atomic mass is 10.1. The molecular weight excluding hydrogens is 400 g/mol. The number of carbonyl (C=O) groups excluding carboxylic acids is 2. The van der Waals surface area contributed by atoms with Gasteiger partial charge in [-0.05, 0) is 49.1 Å². The fourth-order valence-corrected chi connectivity index (χ4v) is 4.46. The maximum Gasteiger partial charge on any atom is 0.282 e. The third-order valence-corrected chi connectivity index (χ3v) is 5.97. The SMILES string of the molecule is Cc1ccc(N2C(=O)C(Nc3ccc4c(c3)OCO4)=C(c3cccs3)C2=O)c(C)c1. The van der Waals surface area contributed by atoms with Crippen LogP contribution in [0, 0.1) is 13.8 Å². The molecule has 1 N–H and O–H groups in total. The topological polar surface area (TPSA) is 67.9 Å². The van der Waals surface area contributed by atoms with E-state index < -0.39 is 0 Å². The number of amides is 2. The van der Waals surface area contributed by atoms with Gasteiger partial charge in [0.15, 0.2) is 11.5 Å². The third-order valence-electron chi connectivity index (χ3n) is 5.09. The van der Waals surface area contributed by atoms with E-state index in [0.29, 0.717) is 28.4 Å². The summed E-state index contributed by atoms with van der Waals surface area (Å²) in [6, 6.07) is 14.7. The smallest absolute Gasteiger partial charge is 0.282 e. The van der Waals surface area contributed by atoms with Gasteiger partial charge in [0.05, 0.1) is 11.3 Å². The summed E-state index contributed by atoms with van der Waals surface area (Å²) < 4.78 is 10.8. The Morgan fingerprint density at radius 2 is 1.80 bits per heavy atom. The van der Waals surface area contributed by atoms with Crippen molar-refractivity contribution in [3.8, 4) is 11.5 Å². The van der Waals surface area contributed by atoms with Crippen molar-refractivity contribution in [2.75, 3.05) is 17.0 Å².